The van der Waals surface area contributed by atoms with Gasteiger partial charge in [-0.25, -0.2) is 4.98 Å². The molecule has 0 saturated carbocycles. The highest BCUT2D eigenvalue weighted by atomic mass is 28.4. The van der Waals surface area contributed by atoms with E-state index in [0.29, 0.717) is 37.1 Å². The Labute approximate surface area is 199 Å². The normalized spacial score (nSPS) is 15.1. The van der Waals surface area contributed by atoms with E-state index < -0.39 is 26.0 Å². The number of anilines is 2. The molecule has 0 radical (unpaired) electrons. The van der Waals surface area contributed by atoms with Crippen molar-refractivity contribution in [3.63, 3.8) is 0 Å². The molecule has 1 fully saturated rings. The van der Waals surface area contributed by atoms with E-state index >= 15 is 0 Å². The summed E-state index contributed by atoms with van der Waals surface area (Å²) < 4.78 is 52.1. The second-order valence-electron chi connectivity index (χ2n) is 10.1. The lowest BCUT2D eigenvalue weighted by Crippen LogP contribution is -2.40. The molecule has 1 amide bonds. The number of carbonyl (C=O) groups is 1. The summed E-state index contributed by atoms with van der Waals surface area (Å²) in [5, 5.41) is 5.72. The summed E-state index contributed by atoms with van der Waals surface area (Å²) in [5.41, 5.74) is -0.212. The molecule has 34 heavy (non-hydrogen) atoms. The summed E-state index contributed by atoms with van der Waals surface area (Å²) in [6, 6.07) is 6.83. The maximum Gasteiger partial charge on any atom is 0.416 e. The first-order valence-corrected chi connectivity index (χ1v) is 14.1. The third-order valence-electron chi connectivity index (χ3n) is 6.38. The number of amides is 1. The number of halogens is 3. The lowest BCUT2D eigenvalue weighted by molar-refractivity contribution is -0.138. The number of hydrogen-bond donors (Lipinski definition) is 2. The standard InChI is InChI=1S/C24H32F3N3O3Si/c1-23(2,3)34(4,5)33-15-17-11-18(8-9-20(17)24(25,26)27)30-22(31)19-7-6-10-28-21(19)29-12-16-13-32-14-16/h6-11,16H,12-15H2,1-5H3,(H,28,29)(H,30,31). The molecule has 3 rings (SSSR count). The molecule has 0 bridgehead atoms. The molecule has 1 saturated heterocycles. The Bertz CT molecular complexity index is 1020. The minimum Gasteiger partial charge on any atom is -0.413 e. The average Bonchev–Trinajstić information content (AvgIpc) is 2.70. The minimum atomic E-state index is -4.53. The Balaban J connectivity index is 1.80. The number of nitrogens with one attached hydrogen (secondary N) is 2. The van der Waals surface area contributed by atoms with Crippen LogP contribution in [-0.2, 0) is 21.9 Å². The van der Waals surface area contributed by atoms with Crippen LogP contribution in [0.3, 0.4) is 0 Å². The van der Waals surface area contributed by atoms with Gasteiger partial charge in [0.05, 0.1) is 30.9 Å². The van der Waals surface area contributed by atoms with Gasteiger partial charge in [-0.3, -0.25) is 4.79 Å². The largest absolute Gasteiger partial charge is 0.416 e. The van der Waals surface area contributed by atoms with Crippen molar-refractivity contribution in [1.29, 1.82) is 0 Å². The number of carbonyl (C=O) groups excluding carboxylic acids is 1. The van der Waals surface area contributed by atoms with Crippen molar-refractivity contribution in [2.45, 2.75) is 51.7 Å². The highest BCUT2D eigenvalue weighted by molar-refractivity contribution is 6.74. The van der Waals surface area contributed by atoms with E-state index in [1.165, 1.54) is 12.1 Å². The maximum absolute atomic E-state index is 13.6. The molecule has 0 spiro atoms. The third kappa shape index (κ3) is 6.37. The van der Waals surface area contributed by atoms with Crippen LogP contribution in [0.2, 0.25) is 18.1 Å². The van der Waals surface area contributed by atoms with Gasteiger partial charge in [0.25, 0.3) is 5.91 Å². The van der Waals surface area contributed by atoms with Crippen molar-refractivity contribution in [2.75, 3.05) is 30.4 Å². The molecule has 186 valence electrons. The molecule has 1 aromatic heterocycles. The Kier molecular flexibility index (Phi) is 7.74. The second kappa shape index (κ2) is 10.0. The molecular weight excluding hydrogens is 463 g/mol. The maximum atomic E-state index is 13.6. The first-order valence-electron chi connectivity index (χ1n) is 11.2. The van der Waals surface area contributed by atoms with Crippen LogP contribution < -0.4 is 10.6 Å². The van der Waals surface area contributed by atoms with Gasteiger partial charge in [0.2, 0.25) is 0 Å². The van der Waals surface area contributed by atoms with Gasteiger partial charge in [0, 0.05) is 24.3 Å². The van der Waals surface area contributed by atoms with Crippen LogP contribution in [0.1, 0.15) is 42.3 Å². The van der Waals surface area contributed by atoms with Gasteiger partial charge in [-0.2, -0.15) is 13.2 Å². The molecular formula is C24H32F3N3O3Si. The summed E-state index contributed by atoms with van der Waals surface area (Å²) in [4.78, 5) is 17.2. The molecule has 2 heterocycles. The van der Waals surface area contributed by atoms with Crippen molar-refractivity contribution in [3.8, 4) is 0 Å². The van der Waals surface area contributed by atoms with Gasteiger partial charge in [0.1, 0.15) is 5.82 Å². The number of ether oxygens (including phenoxy) is 1. The van der Waals surface area contributed by atoms with Crippen molar-refractivity contribution in [1.82, 2.24) is 4.98 Å². The van der Waals surface area contributed by atoms with Gasteiger partial charge in [-0.05, 0) is 54.0 Å². The number of alkyl halides is 3. The summed E-state index contributed by atoms with van der Waals surface area (Å²) in [6.45, 7) is 11.8. The van der Waals surface area contributed by atoms with Crippen LogP contribution in [0, 0.1) is 5.92 Å². The van der Waals surface area contributed by atoms with Gasteiger partial charge < -0.3 is 19.8 Å². The van der Waals surface area contributed by atoms with Crippen molar-refractivity contribution >= 4 is 25.7 Å². The molecule has 1 aliphatic heterocycles. The molecule has 10 heteroatoms. The van der Waals surface area contributed by atoms with Crippen LogP contribution in [0.25, 0.3) is 0 Å². The van der Waals surface area contributed by atoms with Gasteiger partial charge >= 0.3 is 6.18 Å². The van der Waals surface area contributed by atoms with E-state index in [2.05, 4.69) is 15.6 Å². The van der Waals surface area contributed by atoms with E-state index in [-0.39, 0.29) is 22.9 Å². The fourth-order valence-electron chi connectivity index (χ4n) is 3.11. The minimum absolute atomic E-state index is 0.00959. The first-order chi connectivity index (χ1) is 15.8. The zero-order valence-electron chi connectivity index (χ0n) is 20.2. The van der Waals surface area contributed by atoms with Gasteiger partial charge in [-0.1, -0.05) is 20.8 Å². The number of aromatic nitrogens is 1. The van der Waals surface area contributed by atoms with Crippen molar-refractivity contribution in [3.05, 3.63) is 53.2 Å². The molecule has 0 unspecified atom stereocenters. The Hall–Kier alpha value is -2.43. The summed E-state index contributed by atoms with van der Waals surface area (Å²) in [7, 11) is -2.28. The van der Waals surface area contributed by atoms with Crippen LogP contribution >= 0.6 is 0 Å². The quantitative estimate of drug-likeness (QED) is 0.444. The van der Waals surface area contributed by atoms with Crippen molar-refractivity contribution in [2.24, 2.45) is 5.92 Å². The lowest BCUT2D eigenvalue weighted by atomic mass is 10.1. The van der Waals surface area contributed by atoms with Gasteiger partial charge in [0.15, 0.2) is 8.32 Å². The Morgan fingerprint density at radius 2 is 1.91 bits per heavy atom. The van der Waals surface area contributed by atoms with E-state index in [9.17, 15) is 18.0 Å². The highest BCUT2D eigenvalue weighted by Gasteiger charge is 2.39. The third-order valence-corrected chi connectivity index (χ3v) is 10.9. The number of benzene rings is 1. The number of hydrogen-bond acceptors (Lipinski definition) is 5. The van der Waals surface area contributed by atoms with E-state index in [1.807, 2.05) is 33.9 Å². The van der Waals surface area contributed by atoms with Crippen LogP contribution in [0.4, 0.5) is 24.7 Å². The highest BCUT2D eigenvalue weighted by Crippen LogP contribution is 2.39. The Morgan fingerprint density at radius 1 is 1.21 bits per heavy atom. The fraction of sp³-hybridized carbons (Fsp3) is 0.500. The van der Waals surface area contributed by atoms with Crippen LogP contribution in [0.15, 0.2) is 36.5 Å². The molecule has 0 atom stereocenters. The summed E-state index contributed by atoms with van der Waals surface area (Å²) in [6.07, 6.45) is -2.95. The topological polar surface area (TPSA) is 72.5 Å². The number of rotatable bonds is 8. The van der Waals surface area contributed by atoms with Crippen LogP contribution in [0.5, 0.6) is 0 Å². The van der Waals surface area contributed by atoms with Crippen LogP contribution in [-0.4, -0.2) is 39.0 Å². The second-order valence-corrected chi connectivity index (χ2v) is 14.9. The lowest BCUT2D eigenvalue weighted by Gasteiger charge is -2.36. The summed E-state index contributed by atoms with van der Waals surface area (Å²) >= 11 is 0. The molecule has 2 aromatic rings. The van der Waals surface area contributed by atoms with E-state index in [1.54, 1.807) is 18.3 Å². The van der Waals surface area contributed by atoms with Crippen molar-refractivity contribution < 1.29 is 27.1 Å². The molecule has 1 aromatic carbocycles. The molecule has 2 N–H and O–H groups in total. The number of pyridine rings is 1. The first kappa shape index (κ1) is 26.2. The zero-order chi connectivity index (χ0) is 25.1. The van der Waals surface area contributed by atoms with E-state index in [4.69, 9.17) is 9.16 Å². The van der Waals surface area contributed by atoms with Gasteiger partial charge in [-0.15, -0.1) is 0 Å². The predicted octanol–water partition coefficient (Wildman–Crippen LogP) is 5.93. The predicted molar refractivity (Wildman–Crippen MR) is 128 cm³/mol. The summed E-state index contributed by atoms with van der Waals surface area (Å²) in [5.74, 6) is 0.313. The van der Waals surface area contributed by atoms with E-state index in [0.717, 1.165) is 6.07 Å². The Morgan fingerprint density at radius 3 is 2.50 bits per heavy atom. The molecule has 6 nitrogen and oxygen atoms in total. The SMILES string of the molecule is CC(C)(C)[Si](C)(C)OCc1cc(NC(=O)c2cccnc2NCC2COC2)ccc1C(F)(F)F. The molecule has 0 aliphatic carbocycles. The molecule has 1 aliphatic rings. The zero-order valence-corrected chi connectivity index (χ0v) is 21.2. The number of nitrogens with zero attached hydrogens (tertiary/aromatic N) is 1. The smallest absolute Gasteiger partial charge is 0.413 e. The fourth-order valence-corrected chi connectivity index (χ4v) is 4.06. The monoisotopic (exact) mass is 495 g/mol. The average molecular weight is 496 g/mol.